The fourth-order valence-electron chi connectivity index (χ4n) is 2.03. The highest BCUT2D eigenvalue weighted by Gasteiger charge is 2.11. The van der Waals surface area contributed by atoms with Crippen molar-refractivity contribution in [3.63, 3.8) is 0 Å². The van der Waals surface area contributed by atoms with Gasteiger partial charge in [-0.3, -0.25) is 0 Å². The minimum atomic E-state index is -0.560. The Morgan fingerprint density at radius 3 is 2.48 bits per heavy atom. The molecule has 1 N–H and O–H groups in total. The van der Waals surface area contributed by atoms with Crippen LogP contribution in [0.2, 0.25) is 5.15 Å². The number of rotatable bonds is 2. The van der Waals surface area contributed by atoms with Gasteiger partial charge in [-0.1, -0.05) is 35.9 Å². The highest BCUT2D eigenvalue weighted by molar-refractivity contribution is 6.34. The van der Waals surface area contributed by atoms with E-state index >= 15 is 0 Å². The molecule has 106 valence electrons. The second-order valence-corrected chi connectivity index (χ2v) is 4.95. The van der Waals surface area contributed by atoms with Crippen LogP contribution in [0.4, 0.5) is 20.3 Å². The van der Waals surface area contributed by atoms with Crippen molar-refractivity contribution in [1.29, 1.82) is 0 Å². The first-order chi connectivity index (χ1) is 10.1. The molecule has 0 saturated heterocycles. The predicted octanol–water partition coefficient (Wildman–Crippen LogP) is 4.61. The standard InChI is InChI=1S/C15H10ClF2N3/c1-8-6-12(18)13(7-11(8)17)19-15-10-5-3-2-4-9(10)14(16)20-21-15/h2-7H,1H3,(H,19,21). The van der Waals surface area contributed by atoms with Crippen LogP contribution in [0, 0.1) is 18.6 Å². The van der Waals surface area contributed by atoms with Gasteiger partial charge in [-0.15, -0.1) is 10.2 Å². The van der Waals surface area contributed by atoms with E-state index in [0.717, 1.165) is 12.1 Å². The van der Waals surface area contributed by atoms with E-state index < -0.39 is 11.6 Å². The number of aryl methyl sites for hydroxylation is 1. The van der Waals surface area contributed by atoms with Gasteiger partial charge < -0.3 is 5.32 Å². The van der Waals surface area contributed by atoms with Crippen LogP contribution in [-0.2, 0) is 0 Å². The summed E-state index contributed by atoms with van der Waals surface area (Å²) in [5, 5.41) is 12.1. The number of hydrogen-bond donors (Lipinski definition) is 1. The quantitative estimate of drug-likeness (QED) is 0.751. The Kier molecular flexibility index (Phi) is 3.43. The smallest absolute Gasteiger partial charge is 0.161 e. The Bertz CT molecular complexity index is 837. The van der Waals surface area contributed by atoms with Gasteiger partial charge in [0.05, 0.1) is 5.69 Å². The fourth-order valence-corrected chi connectivity index (χ4v) is 2.24. The molecular weight excluding hydrogens is 296 g/mol. The third kappa shape index (κ3) is 2.52. The van der Waals surface area contributed by atoms with Crippen LogP contribution in [0.25, 0.3) is 10.8 Å². The van der Waals surface area contributed by atoms with Crippen molar-refractivity contribution >= 4 is 33.9 Å². The van der Waals surface area contributed by atoms with Gasteiger partial charge in [0.2, 0.25) is 0 Å². The molecule has 3 aromatic rings. The molecule has 2 aromatic carbocycles. The molecule has 1 heterocycles. The van der Waals surface area contributed by atoms with Crippen molar-refractivity contribution in [2.45, 2.75) is 6.92 Å². The molecule has 0 amide bonds. The Morgan fingerprint density at radius 1 is 1.00 bits per heavy atom. The van der Waals surface area contributed by atoms with Crippen molar-refractivity contribution < 1.29 is 8.78 Å². The summed E-state index contributed by atoms with van der Waals surface area (Å²) in [6.07, 6.45) is 0. The van der Waals surface area contributed by atoms with Gasteiger partial charge >= 0.3 is 0 Å². The summed E-state index contributed by atoms with van der Waals surface area (Å²) >= 11 is 5.97. The summed E-state index contributed by atoms with van der Waals surface area (Å²) < 4.78 is 27.5. The summed E-state index contributed by atoms with van der Waals surface area (Å²) in [4.78, 5) is 0. The number of nitrogens with one attached hydrogen (secondary N) is 1. The molecule has 0 saturated carbocycles. The first-order valence-electron chi connectivity index (χ1n) is 6.20. The molecule has 0 aliphatic rings. The Labute approximate surface area is 124 Å². The number of anilines is 2. The molecule has 0 fully saturated rings. The van der Waals surface area contributed by atoms with Gasteiger partial charge in [0.15, 0.2) is 11.0 Å². The van der Waals surface area contributed by atoms with Crippen LogP contribution < -0.4 is 5.32 Å². The zero-order valence-corrected chi connectivity index (χ0v) is 11.7. The molecule has 3 rings (SSSR count). The molecule has 0 spiro atoms. The van der Waals surface area contributed by atoms with Crippen molar-refractivity contribution in [3.8, 4) is 0 Å². The monoisotopic (exact) mass is 305 g/mol. The lowest BCUT2D eigenvalue weighted by molar-refractivity contribution is 0.595. The van der Waals surface area contributed by atoms with E-state index in [0.29, 0.717) is 16.6 Å². The Balaban J connectivity index is 2.11. The van der Waals surface area contributed by atoms with E-state index in [4.69, 9.17) is 11.6 Å². The molecule has 0 unspecified atom stereocenters. The van der Waals surface area contributed by atoms with Crippen LogP contribution in [-0.4, -0.2) is 10.2 Å². The normalized spacial score (nSPS) is 10.9. The molecule has 1 aromatic heterocycles. The maximum absolute atomic E-state index is 13.9. The van der Waals surface area contributed by atoms with Gasteiger partial charge in [0, 0.05) is 16.8 Å². The maximum Gasteiger partial charge on any atom is 0.161 e. The van der Waals surface area contributed by atoms with Gasteiger partial charge in [-0.25, -0.2) is 8.78 Å². The zero-order chi connectivity index (χ0) is 15.0. The molecular formula is C15H10ClF2N3. The Hall–Kier alpha value is -2.27. The van der Waals surface area contributed by atoms with E-state index in [1.54, 1.807) is 18.2 Å². The summed E-state index contributed by atoms with van der Waals surface area (Å²) in [6.45, 7) is 1.50. The summed E-state index contributed by atoms with van der Waals surface area (Å²) in [5.74, 6) is -0.739. The number of nitrogens with zero attached hydrogens (tertiary/aromatic N) is 2. The van der Waals surface area contributed by atoms with Crippen LogP contribution in [0.1, 0.15) is 5.56 Å². The SMILES string of the molecule is Cc1cc(F)c(Nc2nnc(Cl)c3ccccc23)cc1F. The first kappa shape index (κ1) is 13.7. The summed E-state index contributed by atoms with van der Waals surface area (Å²) in [6, 6.07) is 9.40. The molecule has 0 aliphatic heterocycles. The van der Waals surface area contributed by atoms with Crippen LogP contribution >= 0.6 is 11.6 Å². The van der Waals surface area contributed by atoms with E-state index in [1.165, 1.54) is 6.92 Å². The average Bonchev–Trinajstić information content (AvgIpc) is 2.48. The highest BCUT2D eigenvalue weighted by atomic mass is 35.5. The van der Waals surface area contributed by atoms with Gasteiger partial charge in [0.1, 0.15) is 11.6 Å². The lowest BCUT2D eigenvalue weighted by atomic mass is 10.1. The van der Waals surface area contributed by atoms with E-state index in [2.05, 4.69) is 15.5 Å². The van der Waals surface area contributed by atoms with Gasteiger partial charge in [-0.2, -0.15) is 0 Å². The third-order valence-corrected chi connectivity index (χ3v) is 3.42. The molecule has 0 atom stereocenters. The van der Waals surface area contributed by atoms with Crippen molar-refractivity contribution in [2.75, 3.05) is 5.32 Å². The van der Waals surface area contributed by atoms with E-state index in [-0.39, 0.29) is 16.4 Å². The zero-order valence-electron chi connectivity index (χ0n) is 11.0. The Morgan fingerprint density at radius 2 is 1.71 bits per heavy atom. The maximum atomic E-state index is 13.9. The summed E-state index contributed by atoms with van der Waals surface area (Å²) in [5.41, 5.74) is 0.241. The van der Waals surface area contributed by atoms with Crippen molar-refractivity contribution in [3.05, 3.63) is 58.7 Å². The highest BCUT2D eigenvalue weighted by Crippen LogP contribution is 2.29. The minimum absolute atomic E-state index is 0.000115. The van der Waals surface area contributed by atoms with Crippen molar-refractivity contribution in [2.24, 2.45) is 0 Å². The number of aromatic nitrogens is 2. The van der Waals surface area contributed by atoms with Crippen LogP contribution in [0.15, 0.2) is 36.4 Å². The van der Waals surface area contributed by atoms with E-state index in [1.807, 2.05) is 6.07 Å². The third-order valence-electron chi connectivity index (χ3n) is 3.14. The molecule has 0 bridgehead atoms. The van der Waals surface area contributed by atoms with E-state index in [9.17, 15) is 8.78 Å². The largest absolute Gasteiger partial charge is 0.336 e. The van der Waals surface area contributed by atoms with Gasteiger partial charge in [-0.05, 0) is 18.6 Å². The number of hydrogen-bond acceptors (Lipinski definition) is 3. The van der Waals surface area contributed by atoms with Crippen LogP contribution in [0.5, 0.6) is 0 Å². The van der Waals surface area contributed by atoms with Crippen LogP contribution in [0.3, 0.4) is 0 Å². The first-order valence-corrected chi connectivity index (χ1v) is 6.57. The van der Waals surface area contributed by atoms with Gasteiger partial charge in [0.25, 0.3) is 0 Å². The number of fused-ring (bicyclic) bond motifs is 1. The summed E-state index contributed by atoms with van der Waals surface area (Å²) in [7, 11) is 0. The molecule has 0 aliphatic carbocycles. The molecule has 21 heavy (non-hydrogen) atoms. The molecule has 0 radical (unpaired) electrons. The number of benzene rings is 2. The second-order valence-electron chi connectivity index (χ2n) is 4.59. The fraction of sp³-hybridized carbons (Fsp3) is 0.0667. The topological polar surface area (TPSA) is 37.8 Å². The predicted molar refractivity (Wildman–Crippen MR) is 78.9 cm³/mol. The number of halogens is 3. The minimum Gasteiger partial charge on any atom is -0.336 e. The molecule has 6 heteroatoms. The lowest BCUT2D eigenvalue weighted by Crippen LogP contribution is -2.01. The second kappa shape index (κ2) is 5.26. The van der Waals surface area contributed by atoms with Crippen molar-refractivity contribution in [1.82, 2.24) is 10.2 Å². The molecule has 3 nitrogen and oxygen atoms in total. The average molecular weight is 306 g/mol. The lowest BCUT2D eigenvalue weighted by Gasteiger charge is -2.10.